The molecule has 0 radical (unpaired) electrons. The number of nitrogens with zero attached hydrogens (tertiary/aromatic N) is 3. The zero-order valence-electron chi connectivity index (χ0n) is 29.9. The van der Waals surface area contributed by atoms with Gasteiger partial charge >= 0.3 is 0 Å². The molecule has 54 heavy (non-hydrogen) atoms. The standard InChI is InChI=1S/C51H37N3/c1-3-14-34(15-4-1)35-16-13-17-38(30-35)43-33-51(52-46-23-10-7-20-40(43)46)54-48-25-12-9-22-42(48)45-32-37(27-29-50(45)54)36-26-28-49-44(31-36)41-21-8-11-24-47(41)53(49)39-18-5-2-6-19-39/h1-6,8-9,11-19,21-33,40H,7,10,20H2. The first-order chi connectivity index (χ1) is 26.8. The van der Waals surface area contributed by atoms with Gasteiger partial charge in [0.1, 0.15) is 5.84 Å². The zero-order valence-corrected chi connectivity index (χ0v) is 29.9. The van der Waals surface area contributed by atoms with E-state index in [2.05, 4.69) is 191 Å². The van der Waals surface area contributed by atoms with Crippen LogP contribution < -0.4 is 0 Å². The van der Waals surface area contributed by atoms with Gasteiger partial charge in [-0.05, 0) is 113 Å². The second kappa shape index (κ2) is 12.5. The van der Waals surface area contributed by atoms with E-state index < -0.39 is 0 Å². The number of rotatable bonds is 4. The summed E-state index contributed by atoms with van der Waals surface area (Å²) in [5.41, 5.74) is 14.7. The van der Waals surface area contributed by atoms with Crippen molar-refractivity contribution in [2.45, 2.75) is 19.3 Å². The zero-order chi connectivity index (χ0) is 35.6. The summed E-state index contributed by atoms with van der Waals surface area (Å²) in [6.45, 7) is 0. The van der Waals surface area contributed by atoms with E-state index in [1.54, 1.807) is 0 Å². The Morgan fingerprint density at radius 2 is 1.00 bits per heavy atom. The molecule has 2 aromatic heterocycles. The van der Waals surface area contributed by atoms with Gasteiger partial charge in [0.15, 0.2) is 0 Å². The SMILES string of the molecule is C1=C2N=C(n3c4ccccc4c4cc(-c5ccc6c(c5)c5ccccc5n6-c5ccccc5)ccc43)C=C(c3cccc(-c4ccccc4)c3)C2CCC1. The van der Waals surface area contributed by atoms with E-state index in [1.807, 2.05) is 0 Å². The molecule has 0 N–H and O–H groups in total. The molecule has 0 bridgehead atoms. The fourth-order valence-electron chi connectivity index (χ4n) is 9.02. The van der Waals surface area contributed by atoms with Crippen LogP contribution in [0.1, 0.15) is 24.8 Å². The largest absolute Gasteiger partial charge is 0.309 e. The maximum Gasteiger partial charge on any atom is 0.138 e. The summed E-state index contributed by atoms with van der Waals surface area (Å²) in [5, 5.41) is 4.99. The number of hydrogen-bond acceptors (Lipinski definition) is 1. The first kappa shape index (κ1) is 30.9. The van der Waals surface area contributed by atoms with Crippen LogP contribution in [0.3, 0.4) is 0 Å². The van der Waals surface area contributed by atoms with Crippen molar-refractivity contribution in [1.29, 1.82) is 0 Å². The second-order valence-electron chi connectivity index (χ2n) is 14.6. The average Bonchev–Trinajstić information content (AvgIpc) is 3.76. The minimum Gasteiger partial charge on any atom is -0.309 e. The van der Waals surface area contributed by atoms with Crippen molar-refractivity contribution in [3.63, 3.8) is 0 Å². The Morgan fingerprint density at radius 1 is 0.444 bits per heavy atom. The van der Waals surface area contributed by atoms with Crippen molar-refractivity contribution in [2.75, 3.05) is 0 Å². The molecule has 1 atom stereocenters. The molecule has 3 nitrogen and oxygen atoms in total. The van der Waals surface area contributed by atoms with Crippen LogP contribution in [0, 0.1) is 5.92 Å². The molecule has 0 amide bonds. The van der Waals surface area contributed by atoms with Gasteiger partial charge < -0.3 is 4.57 Å². The Morgan fingerprint density at radius 3 is 1.72 bits per heavy atom. The normalized spacial score (nSPS) is 15.7. The molecule has 0 saturated heterocycles. The quantitative estimate of drug-likeness (QED) is 0.175. The van der Waals surface area contributed by atoms with Crippen LogP contribution in [0.15, 0.2) is 193 Å². The summed E-state index contributed by atoms with van der Waals surface area (Å²) in [4.78, 5) is 5.44. The summed E-state index contributed by atoms with van der Waals surface area (Å²) in [6.07, 6.45) is 8.12. The summed E-state index contributed by atoms with van der Waals surface area (Å²) in [7, 11) is 0. The Bertz CT molecular complexity index is 3010. The Hall–Kier alpha value is -6.71. The number of aliphatic imine (C=N–C) groups is 1. The first-order valence-corrected chi connectivity index (χ1v) is 19.1. The summed E-state index contributed by atoms with van der Waals surface area (Å²) < 4.78 is 4.76. The maximum absolute atomic E-state index is 5.44. The lowest BCUT2D eigenvalue weighted by Crippen LogP contribution is -2.20. The minimum absolute atomic E-state index is 0.302. The minimum atomic E-state index is 0.302. The van der Waals surface area contributed by atoms with Gasteiger partial charge in [-0.25, -0.2) is 4.99 Å². The van der Waals surface area contributed by atoms with Crippen molar-refractivity contribution in [3.05, 3.63) is 193 Å². The van der Waals surface area contributed by atoms with Crippen LogP contribution in [0.2, 0.25) is 0 Å². The molecule has 2 aliphatic rings. The van der Waals surface area contributed by atoms with Gasteiger partial charge in [0.25, 0.3) is 0 Å². The molecule has 11 rings (SSSR count). The van der Waals surface area contributed by atoms with Gasteiger partial charge in [-0.1, -0.05) is 121 Å². The van der Waals surface area contributed by atoms with Crippen LogP contribution in [0.4, 0.5) is 0 Å². The topological polar surface area (TPSA) is 22.2 Å². The van der Waals surface area contributed by atoms with E-state index in [0.29, 0.717) is 5.92 Å². The molecule has 7 aromatic carbocycles. The number of benzene rings is 7. The number of para-hydroxylation sites is 3. The molecule has 256 valence electrons. The maximum atomic E-state index is 5.44. The van der Waals surface area contributed by atoms with E-state index in [9.17, 15) is 0 Å². The number of dihydropyridines is 1. The summed E-state index contributed by atoms with van der Waals surface area (Å²) >= 11 is 0. The Balaban J connectivity index is 1.06. The molecule has 1 unspecified atom stereocenters. The molecular weight excluding hydrogens is 655 g/mol. The molecule has 1 aliphatic heterocycles. The van der Waals surface area contributed by atoms with E-state index in [0.717, 1.165) is 18.7 Å². The number of fused-ring (bicyclic) bond motifs is 7. The molecule has 0 fully saturated rings. The average molecular weight is 692 g/mol. The van der Waals surface area contributed by atoms with E-state index >= 15 is 0 Å². The van der Waals surface area contributed by atoms with Crippen molar-refractivity contribution in [1.82, 2.24) is 9.13 Å². The van der Waals surface area contributed by atoms with Gasteiger partial charge in [0, 0.05) is 38.8 Å². The molecule has 1 aliphatic carbocycles. The molecule has 9 aromatic rings. The van der Waals surface area contributed by atoms with Crippen molar-refractivity contribution in [2.24, 2.45) is 10.9 Å². The van der Waals surface area contributed by atoms with Gasteiger partial charge in [0.2, 0.25) is 0 Å². The Kier molecular flexibility index (Phi) is 7.12. The fourth-order valence-corrected chi connectivity index (χ4v) is 9.02. The fraction of sp³-hybridized carbons (Fsp3) is 0.0784. The third-order valence-corrected chi connectivity index (χ3v) is 11.5. The van der Waals surface area contributed by atoms with Crippen molar-refractivity contribution in [3.8, 4) is 27.9 Å². The highest BCUT2D eigenvalue weighted by molar-refractivity contribution is 6.19. The monoisotopic (exact) mass is 691 g/mol. The van der Waals surface area contributed by atoms with Crippen molar-refractivity contribution < 1.29 is 0 Å². The third kappa shape index (κ3) is 4.93. The molecule has 3 heteroatoms. The number of allylic oxidation sites excluding steroid dienone is 3. The van der Waals surface area contributed by atoms with Crippen molar-refractivity contribution >= 4 is 55.0 Å². The second-order valence-corrected chi connectivity index (χ2v) is 14.6. The van der Waals surface area contributed by atoms with E-state index in [4.69, 9.17) is 4.99 Å². The van der Waals surface area contributed by atoms with E-state index in [-0.39, 0.29) is 0 Å². The van der Waals surface area contributed by atoms with Gasteiger partial charge in [-0.3, -0.25) is 4.57 Å². The number of aromatic nitrogens is 2. The van der Waals surface area contributed by atoms with Crippen LogP contribution in [0.5, 0.6) is 0 Å². The molecule has 0 saturated carbocycles. The highest BCUT2D eigenvalue weighted by Crippen LogP contribution is 2.43. The van der Waals surface area contributed by atoms with Crippen LogP contribution in [0.25, 0.3) is 77.1 Å². The highest BCUT2D eigenvalue weighted by Gasteiger charge is 2.29. The summed E-state index contributed by atoms with van der Waals surface area (Å²) in [5.74, 6) is 1.28. The van der Waals surface area contributed by atoms with Gasteiger partial charge in [-0.2, -0.15) is 0 Å². The van der Waals surface area contributed by atoms with Crippen LogP contribution >= 0.6 is 0 Å². The lowest BCUT2D eigenvalue weighted by atomic mass is 9.80. The predicted octanol–water partition coefficient (Wildman–Crippen LogP) is 13.3. The van der Waals surface area contributed by atoms with Crippen LogP contribution in [-0.2, 0) is 0 Å². The van der Waals surface area contributed by atoms with E-state index in [1.165, 1.54) is 94.8 Å². The Labute approximate surface area is 314 Å². The summed E-state index contributed by atoms with van der Waals surface area (Å²) in [6, 6.07) is 61.9. The lowest BCUT2D eigenvalue weighted by Gasteiger charge is -2.29. The van der Waals surface area contributed by atoms with Gasteiger partial charge in [0.05, 0.1) is 22.1 Å². The number of hydrogen-bond donors (Lipinski definition) is 0. The highest BCUT2D eigenvalue weighted by atomic mass is 15.1. The predicted molar refractivity (Wildman–Crippen MR) is 227 cm³/mol. The smallest absolute Gasteiger partial charge is 0.138 e. The molecular formula is C51H37N3. The third-order valence-electron chi connectivity index (χ3n) is 11.5. The molecule has 0 spiro atoms. The van der Waals surface area contributed by atoms with Crippen LogP contribution in [-0.4, -0.2) is 15.0 Å². The lowest BCUT2D eigenvalue weighted by molar-refractivity contribution is 0.602. The molecule has 3 heterocycles. The van der Waals surface area contributed by atoms with Gasteiger partial charge in [-0.15, -0.1) is 0 Å². The first-order valence-electron chi connectivity index (χ1n) is 19.1.